The van der Waals surface area contributed by atoms with Crippen molar-refractivity contribution in [1.82, 2.24) is 4.98 Å². The van der Waals surface area contributed by atoms with Gasteiger partial charge in [-0.15, -0.1) is 0 Å². The molecule has 0 aliphatic rings. The van der Waals surface area contributed by atoms with Gasteiger partial charge in [0.25, 0.3) is 0 Å². The number of nitrogens with zero attached hydrogens (tertiary/aromatic N) is 1. The van der Waals surface area contributed by atoms with E-state index in [2.05, 4.69) is 9.72 Å². The molecule has 0 spiro atoms. The number of hydrogen-bond donors (Lipinski definition) is 0. The van der Waals surface area contributed by atoms with Crippen LogP contribution in [-0.4, -0.2) is 17.6 Å². The first-order chi connectivity index (χ1) is 6.66. The fourth-order valence-electron chi connectivity index (χ4n) is 1.11. The lowest BCUT2D eigenvalue weighted by atomic mass is 10.1. The van der Waals surface area contributed by atoms with Crippen LogP contribution in [0.25, 0.3) is 0 Å². The first-order valence-electron chi connectivity index (χ1n) is 4.38. The van der Waals surface area contributed by atoms with Crippen LogP contribution in [0, 0.1) is 6.92 Å². The summed E-state index contributed by atoms with van der Waals surface area (Å²) >= 11 is 0. The lowest BCUT2D eigenvalue weighted by molar-refractivity contribution is -0.149. The Labute approximate surface area is 81.9 Å². The molecule has 1 heterocycles. The number of aromatic nitrogens is 1. The molecule has 1 unspecified atom stereocenters. The normalized spacial score (nSPS) is 12.2. The van der Waals surface area contributed by atoms with Gasteiger partial charge >= 0.3 is 5.97 Å². The molecule has 76 valence electrons. The van der Waals surface area contributed by atoms with Gasteiger partial charge in [-0.1, -0.05) is 0 Å². The Bertz CT molecular complexity index is 328. The average molecular weight is 197 g/mol. The Morgan fingerprint density at radius 2 is 2.43 bits per heavy atom. The lowest BCUT2D eigenvalue weighted by Gasteiger charge is -2.09. The smallest absolute Gasteiger partial charge is 0.345 e. The maximum atomic E-state index is 13.5. The van der Waals surface area contributed by atoms with Crippen molar-refractivity contribution in [2.75, 3.05) is 6.61 Å². The second kappa shape index (κ2) is 4.69. The maximum Gasteiger partial charge on any atom is 0.345 e. The van der Waals surface area contributed by atoms with Crippen LogP contribution in [-0.2, 0) is 9.53 Å². The van der Waals surface area contributed by atoms with Crippen LogP contribution < -0.4 is 0 Å². The van der Waals surface area contributed by atoms with E-state index in [0.29, 0.717) is 11.1 Å². The van der Waals surface area contributed by atoms with Gasteiger partial charge in [0.2, 0.25) is 6.17 Å². The van der Waals surface area contributed by atoms with Gasteiger partial charge in [-0.05, 0) is 25.5 Å². The van der Waals surface area contributed by atoms with Gasteiger partial charge in [-0.25, -0.2) is 9.18 Å². The van der Waals surface area contributed by atoms with Crippen LogP contribution in [0.1, 0.15) is 24.2 Å². The Hall–Kier alpha value is -1.45. The van der Waals surface area contributed by atoms with Crippen molar-refractivity contribution in [2.24, 2.45) is 0 Å². The fraction of sp³-hybridized carbons (Fsp3) is 0.400. The third-order valence-corrected chi connectivity index (χ3v) is 1.83. The van der Waals surface area contributed by atoms with E-state index in [1.54, 1.807) is 13.8 Å². The molecule has 14 heavy (non-hydrogen) atoms. The predicted octanol–water partition coefficient (Wildman–Crippen LogP) is 1.96. The molecule has 0 aromatic carbocycles. The number of esters is 1. The summed E-state index contributed by atoms with van der Waals surface area (Å²) in [5, 5.41) is 0. The monoisotopic (exact) mass is 197 g/mol. The molecule has 0 aliphatic carbocycles. The minimum Gasteiger partial charge on any atom is -0.464 e. The van der Waals surface area contributed by atoms with Crippen LogP contribution in [0.4, 0.5) is 4.39 Å². The van der Waals surface area contributed by atoms with Crippen molar-refractivity contribution in [2.45, 2.75) is 20.0 Å². The Balaban J connectivity index is 2.84. The van der Waals surface area contributed by atoms with Crippen molar-refractivity contribution < 1.29 is 13.9 Å². The molecule has 1 rings (SSSR count). The van der Waals surface area contributed by atoms with Gasteiger partial charge in [-0.2, -0.15) is 0 Å². The Morgan fingerprint density at radius 3 is 3.00 bits per heavy atom. The summed E-state index contributed by atoms with van der Waals surface area (Å²) in [6, 6.07) is 1.48. The number of aryl methyl sites for hydroxylation is 1. The van der Waals surface area contributed by atoms with Crippen LogP contribution in [0.5, 0.6) is 0 Å². The van der Waals surface area contributed by atoms with E-state index in [1.165, 1.54) is 18.5 Å². The number of hydrogen-bond acceptors (Lipinski definition) is 3. The number of ether oxygens (including phenoxy) is 1. The molecule has 1 aromatic heterocycles. The first-order valence-corrected chi connectivity index (χ1v) is 4.38. The van der Waals surface area contributed by atoms with Gasteiger partial charge in [-0.3, -0.25) is 4.98 Å². The molecule has 0 N–H and O–H groups in total. The van der Waals surface area contributed by atoms with Gasteiger partial charge in [0.1, 0.15) is 0 Å². The summed E-state index contributed by atoms with van der Waals surface area (Å²) < 4.78 is 18.1. The SMILES string of the molecule is CCOC(=O)C(F)c1ccncc1C. The number of pyridine rings is 1. The molecular formula is C10H12FNO2. The molecule has 0 amide bonds. The second-order valence-corrected chi connectivity index (χ2v) is 2.85. The zero-order chi connectivity index (χ0) is 10.6. The molecule has 0 saturated heterocycles. The highest BCUT2D eigenvalue weighted by atomic mass is 19.1. The highest BCUT2D eigenvalue weighted by Crippen LogP contribution is 2.21. The summed E-state index contributed by atoms with van der Waals surface area (Å²) in [4.78, 5) is 14.9. The van der Waals surface area contributed by atoms with Gasteiger partial charge < -0.3 is 4.74 Å². The van der Waals surface area contributed by atoms with Crippen molar-refractivity contribution in [3.63, 3.8) is 0 Å². The molecule has 1 aromatic rings. The van der Waals surface area contributed by atoms with E-state index in [-0.39, 0.29) is 6.61 Å². The Morgan fingerprint density at radius 1 is 1.71 bits per heavy atom. The quantitative estimate of drug-likeness (QED) is 0.695. The number of halogens is 1. The predicted molar refractivity (Wildman–Crippen MR) is 49.5 cm³/mol. The second-order valence-electron chi connectivity index (χ2n) is 2.85. The van der Waals surface area contributed by atoms with Crippen molar-refractivity contribution in [3.05, 3.63) is 29.6 Å². The number of carbonyl (C=O) groups excluding carboxylic acids is 1. The highest BCUT2D eigenvalue weighted by Gasteiger charge is 2.22. The van der Waals surface area contributed by atoms with Crippen LogP contribution in [0.3, 0.4) is 0 Å². The summed E-state index contributed by atoms with van der Waals surface area (Å²) in [7, 11) is 0. The molecule has 0 radical (unpaired) electrons. The fourth-order valence-corrected chi connectivity index (χ4v) is 1.11. The minimum absolute atomic E-state index is 0.184. The molecule has 0 aliphatic heterocycles. The van der Waals surface area contributed by atoms with Crippen LogP contribution >= 0.6 is 0 Å². The van der Waals surface area contributed by atoms with E-state index in [0.717, 1.165) is 0 Å². The molecule has 1 atom stereocenters. The summed E-state index contributed by atoms with van der Waals surface area (Å²) in [5.74, 6) is -0.846. The molecular weight excluding hydrogens is 185 g/mol. The number of alkyl halides is 1. The third kappa shape index (κ3) is 2.28. The van der Waals surface area contributed by atoms with E-state index >= 15 is 0 Å². The van der Waals surface area contributed by atoms with Crippen molar-refractivity contribution in [1.29, 1.82) is 0 Å². The number of rotatable bonds is 3. The van der Waals surface area contributed by atoms with Crippen molar-refractivity contribution in [3.8, 4) is 0 Å². The van der Waals surface area contributed by atoms with Crippen LogP contribution in [0.2, 0.25) is 0 Å². The molecule has 4 heteroatoms. The summed E-state index contributed by atoms with van der Waals surface area (Å²) in [6.45, 7) is 3.53. The lowest BCUT2D eigenvalue weighted by Crippen LogP contribution is -2.12. The van der Waals surface area contributed by atoms with Gasteiger partial charge in [0.05, 0.1) is 6.61 Å². The minimum atomic E-state index is -1.71. The zero-order valence-electron chi connectivity index (χ0n) is 8.16. The van der Waals surface area contributed by atoms with Crippen LogP contribution in [0.15, 0.2) is 18.5 Å². The average Bonchev–Trinajstić information content (AvgIpc) is 2.18. The molecule has 3 nitrogen and oxygen atoms in total. The van der Waals surface area contributed by atoms with E-state index in [4.69, 9.17) is 0 Å². The first kappa shape index (κ1) is 10.6. The summed E-state index contributed by atoms with van der Waals surface area (Å²) in [6.07, 6.45) is 1.26. The largest absolute Gasteiger partial charge is 0.464 e. The summed E-state index contributed by atoms with van der Waals surface area (Å²) in [5.41, 5.74) is 0.964. The Kier molecular flexibility index (Phi) is 3.56. The molecule has 0 bridgehead atoms. The van der Waals surface area contributed by atoms with Gasteiger partial charge in [0, 0.05) is 18.0 Å². The third-order valence-electron chi connectivity index (χ3n) is 1.83. The highest BCUT2D eigenvalue weighted by molar-refractivity contribution is 5.76. The maximum absolute atomic E-state index is 13.5. The molecule has 0 saturated carbocycles. The van der Waals surface area contributed by atoms with E-state index < -0.39 is 12.1 Å². The standard InChI is InChI=1S/C10H12FNO2/c1-3-14-10(13)9(11)8-4-5-12-6-7(8)2/h4-6,9H,3H2,1-2H3. The van der Waals surface area contributed by atoms with E-state index in [9.17, 15) is 9.18 Å². The van der Waals surface area contributed by atoms with Crippen molar-refractivity contribution >= 4 is 5.97 Å². The topological polar surface area (TPSA) is 39.2 Å². The molecule has 0 fully saturated rings. The zero-order valence-corrected chi connectivity index (χ0v) is 8.16. The number of carbonyl (C=O) groups is 1. The van der Waals surface area contributed by atoms with E-state index in [1.807, 2.05) is 0 Å². The van der Waals surface area contributed by atoms with Gasteiger partial charge in [0.15, 0.2) is 0 Å².